The van der Waals surface area contributed by atoms with E-state index in [2.05, 4.69) is 0 Å². The molecule has 0 aliphatic carbocycles. The van der Waals surface area contributed by atoms with Gasteiger partial charge < -0.3 is 14.5 Å². The number of carbonyl (C=O) groups excluding carboxylic acids is 2. The van der Waals surface area contributed by atoms with Gasteiger partial charge in [-0.1, -0.05) is 24.3 Å². The average molecular weight is 338 g/mol. The highest BCUT2D eigenvalue weighted by Crippen LogP contribution is 2.31. The second kappa shape index (κ2) is 6.97. The molecule has 5 nitrogen and oxygen atoms in total. The van der Waals surface area contributed by atoms with Crippen LogP contribution in [-0.4, -0.2) is 38.6 Å². The van der Waals surface area contributed by atoms with Crippen LogP contribution in [-0.2, 0) is 16.0 Å². The lowest BCUT2D eigenvalue weighted by Crippen LogP contribution is -2.38. The second-order valence-corrected chi connectivity index (χ2v) is 6.47. The lowest BCUT2D eigenvalue weighted by Gasteiger charge is -2.22. The maximum absolute atomic E-state index is 12.6. The minimum atomic E-state index is -0.489. The van der Waals surface area contributed by atoms with Crippen molar-refractivity contribution < 1.29 is 14.3 Å². The van der Waals surface area contributed by atoms with Crippen LogP contribution in [0.25, 0.3) is 0 Å². The first-order valence-corrected chi connectivity index (χ1v) is 8.32. The predicted molar refractivity (Wildman–Crippen MR) is 98.1 cm³/mol. The van der Waals surface area contributed by atoms with Gasteiger partial charge in [-0.3, -0.25) is 4.79 Å². The van der Waals surface area contributed by atoms with Gasteiger partial charge >= 0.3 is 5.97 Å². The summed E-state index contributed by atoms with van der Waals surface area (Å²) in [6, 6.07) is 15.1. The molecule has 2 aromatic carbocycles. The maximum atomic E-state index is 12.6. The molecule has 130 valence electrons. The van der Waals surface area contributed by atoms with Gasteiger partial charge in [-0.2, -0.15) is 0 Å². The average Bonchev–Trinajstić information content (AvgIpc) is 2.95. The molecule has 25 heavy (non-hydrogen) atoms. The molecule has 0 fully saturated rings. The molecule has 0 bridgehead atoms. The van der Waals surface area contributed by atoms with Gasteiger partial charge in [-0.05, 0) is 43.2 Å². The first-order chi connectivity index (χ1) is 12.0. The Balaban J connectivity index is 1.66. The minimum Gasteiger partial charge on any atom is -0.452 e. The summed E-state index contributed by atoms with van der Waals surface area (Å²) in [5.41, 5.74) is 3.40. The van der Waals surface area contributed by atoms with Crippen LogP contribution in [0.5, 0.6) is 0 Å². The van der Waals surface area contributed by atoms with E-state index in [0.29, 0.717) is 5.56 Å². The van der Waals surface area contributed by atoms with Crippen LogP contribution in [0, 0.1) is 0 Å². The Morgan fingerprint density at radius 2 is 1.92 bits per heavy atom. The van der Waals surface area contributed by atoms with Crippen molar-refractivity contribution >= 4 is 23.3 Å². The molecular weight excluding hydrogens is 316 g/mol. The summed E-state index contributed by atoms with van der Waals surface area (Å²) in [4.78, 5) is 28.5. The molecule has 5 heteroatoms. The summed E-state index contributed by atoms with van der Waals surface area (Å²) in [6.07, 6.45) is 0.820. The van der Waals surface area contributed by atoms with Crippen molar-refractivity contribution in [2.45, 2.75) is 19.4 Å². The molecule has 0 unspecified atom stereocenters. The van der Waals surface area contributed by atoms with Crippen LogP contribution in [0.4, 0.5) is 11.4 Å². The van der Waals surface area contributed by atoms with Gasteiger partial charge in [0.05, 0.1) is 5.56 Å². The normalized spacial score (nSPS) is 15.6. The van der Waals surface area contributed by atoms with Crippen molar-refractivity contribution in [3.63, 3.8) is 0 Å². The van der Waals surface area contributed by atoms with Gasteiger partial charge in [0.25, 0.3) is 5.91 Å². The summed E-state index contributed by atoms with van der Waals surface area (Å²) in [5, 5.41) is 0. The van der Waals surface area contributed by atoms with Crippen LogP contribution in [0.2, 0.25) is 0 Å². The van der Waals surface area contributed by atoms with E-state index in [1.54, 1.807) is 23.1 Å². The summed E-state index contributed by atoms with van der Waals surface area (Å²) in [5.74, 6) is -0.688. The monoisotopic (exact) mass is 338 g/mol. The second-order valence-electron chi connectivity index (χ2n) is 6.47. The number of hydrogen-bond donors (Lipinski definition) is 0. The number of ether oxygens (including phenoxy) is 1. The highest BCUT2D eigenvalue weighted by atomic mass is 16.5. The van der Waals surface area contributed by atoms with Gasteiger partial charge in [0.1, 0.15) is 0 Å². The molecule has 1 aliphatic heterocycles. The Hall–Kier alpha value is -2.82. The Kier molecular flexibility index (Phi) is 4.74. The zero-order valence-electron chi connectivity index (χ0n) is 14.7. The SMILES string of the molecule is C[C@@H]1Cc2ccccc2N1C(=O)COC(=O)c1cccc(N(C)C)c1. The number of para-hydroxylation sites is 1. The number of carbonyl (C=O) groups is 2. The van der Waals surface area contributed by atoms with E-state index in [0.717, 1.165) is 23.4 Å². The smallest absolute Gasteiger partial charge is 0.338 e. The van der Waals surface area contributed by atoms with Gasteiger partial charge in [0.15, 0.2) is 6.61 Å². The number of anilines is 2. The fourth-order valence-electron chi connectivity index (χ4n) is 3.14. The van der Waals surface area contributed by atoms with Gasteiger partial charge in [0.2, 0.25) is 0 Å². The molecule has 3 rings (SSSR count). The van der Waals surface area contributed by atoms with Crippen molar-refractivity contribution in [2.24, 2.45) is 0 Å². The first-order valence-electron chi connectivity index (χ1n) is 8.32. The van der Waals surface area contributed by atoms with Crippen LogP contribution < -0.4 is 9.80 Å². The number of amides is 1. The number of nitrogens with zero attached hydrogens (tertiary/aromatic N) is 2. The molecule has 0 spiro atoms. The first kappa shape index (κ1) is 17.0. The third kappa shape index (κ3) is 3.50. The molecule has 2 aromatic rings. The maximum Gasteiger partial charge on any atom is 0.338 e. The van der Waals surface area contributed by atoms with Crippen molar-refractivity contribution in [3.05, 3.63) is 59.7 Å². The number of hydrogen-bond acceptors (Lipinski definition) is 4. The van der Waals surface area contributed by atoms with E-state index >= 15 is 0 Å². The van der Waals surface area contributed by atoms with Gasteiger partial charge in [0, 0.05) is 31.5 Å². The highest BCUT2D eigenvalue weighted by Gasteiger charge is 2.31. The summed E-state index contributed by atoms with van der Waals surface area (Å²) in [6.45, 7) is 1.74. The Labute approximate surface area is 147 Å². The quantitative estimate of drug-likeness (QED) is 0.805. The van der Waals surface area contributed by atoms with Crippen molar-refractivity contribution in [3.8, 4) is 0 Å². The predicted octanol–water partition coefficient (Wildman–Crippen LogP) is 2.89. The number of fused-ring (bicyclic) bond motifs is 1. The summed E-state index contributed by atoms with van der Waals surface area (Å²) >= 11 is 0. The van der Waals surface area contributed by atoms with Crippen molar-refractivity contribution in [2.75, 3.05) is 30.5 Å². The van der Waals surface area contributed by atoms with E-state index < -0.39 is 5.97 Å². The van der Waals surface area contributed by atoms with Crippen molar-refractivity contribution in [1.82, 2.24) is 0 Å². The molecule has 0 saturated carbocycles. The lowest BCUT2D eigenvalue weighted by molar-refractivity contribution is -0.122. The molecule has 0 radical (unpaired) electrons. The molecule has 1 amide bonds. The van der Waals surface area contributed by atoms with Crippen molar-refractivity contribution in [1.29, 1.82) is 0 Å². The molecule has 1 atom stereocenters. The van der Waals surface area contributed by atoms with E-state index in [1.807, 2.05) is 56.3 Å². The standard InChI is InChI=1S/C20H22N2O3/c1-14-11-15-7-4-5-10-18(15)22(14)19(23)13-25-20(24)16-8-6-9-17(12-16)21(2)3/h4-10,12,14H,11,13H2,1-3H3/t14-/m1/s1. The van der Waals surface area contributed by atoms with Crippen LogP contribution in [0.3, 0.4) is 0 Å². The zero-order valence-corrected chi connectivity index (χ0v) is 14.7. The number of rotatable bonds is 4. The van der Waals surface area contributed by atoms with E-state index in [4.69, 9.17) is 4.74 Å². The molecule has 0 saturated heterocycles. The fourth-order valence-corrected chi connectivity index (χ4v) is 3.14. The van der Waals surface area contributed by atoms with E-state index in [1.165, 1.54) is 0 Å². The zero-order chi connectivity index (χ0) is 18.0. The summed E-state index contributed by atoms with van der Waals surface area (Å²) < 4.78 is 5.25. The topological polar surface area (TPSA) is 49.9 Å². The lowest BCUT2D eigenvalue weighted by atomic mass is 10.1. The minimum absolute atomic E-state index is 0.0701. The number of benzene rings is 2. The van der Waals surface area contributed by atoms with Crippen LogP contribution >= 0.6 is 0 Å². The highest BCUT2D eigenvalue weighted by molar-refractivity contribution is 5.99. The van der Waals surface area contributed by atoms with E-state index in [9.17, 15) is 9.59 Å². The van der Waals surface area contributed by atoms with E-state index in [-0.39, 0.29) is 18.6 Å². The van der Waals surface area contributed by atoms with Crippen LogP contribution in [0.15, 0.2) is 48.5 Å². The molecule has 1 heterocycles. The largest absolute Gasteiger partial charge is 0.452 e. The number of esters is 1. The summed E-state index contributed by atoms with van der Waals surface area (Å²) in [7, 11) is 3.81. The molecular formula is C20H22N2O3. The Bertz CT molecular complexity index is 801. The fraction of sp³-hybridized carbons (Fsp3) is 0.300. The van der Waals surface area contributed by atoms with Crippen LogP contribution in [0.1, 0.15) is 22.8 Å². The third-order valence-corrected chi connectivity index (χ3v) is 4.40. The van der Waals surface area contributed by atoms with Gasteiger partial charge in [-0.15, -0.1) is 0 Å². The third-order valence-electron chi connectivity index (χ3n) is 4.40. The Morgan fingerprint density at radius 1 is 1.16 bits per heavy atom. The molecule has 1 aliphatic rings. The van der Waals surface area contributed by atoms with Gasteiger partial charge in [-0.25, -0.2) is 4.79 Å². The Morgan fingerprint density at radius 3 is 2.68 bits per heavy atom. The molecule has 0 N–H and O–H groups in total. The molecule has 0 aromatic heterocycles.